The second-order valence-corrected chi connectivity index (χ2v) is 6.18. The number of nitrogens with one attached hydrogen (secondary N) is 1. The highest BCUT2D eigenvalue weighted by atomic mass is 79.9. The molecule has 2 rings (SSSR count). The molecule has 0 aliphatic carbocycles. The van der Waals surface area contributed by atoms with Crippen LogP contribution in [0.3, 0.4) is 0 Å². The van der Waals surface area contributed by atoms with Crippen molar-refractivity contribution in [3.63, 3.8) is 0 Å². The third kappa shape index (κ3) is 2.78. The zero-order valence-electron chi connectivity index (χ0n) is 9.01. The maximum absolute atomic E-state index is 13.3. The molecule has 1 heterocycles. The van der Waals surface area contributed by atoms with Crippen molar-refractivity contribution in [2.75, 3.05) is 7.05 Å². The summed E-state index contributed by atoms with van der Waals surface area (Å²) < 4.78 is 15.3. The molecule has 1 aromatic heterocycles. The Morgan fingerprint density at radius 1 is 1.24 bits per heavy atom. The fraction of sp³-hybridized carbons (Fsp3) is 0.167. The summed E-state index contributed by atoms with van der Waals surface area (Å²) in [6.07, 6.45) is 0. The molecule has 1 unspecified atom stereocenters. The molecule has 0 saturated carbocycles. The molecule has 1 N–H and O–H groups in total. The van der Waals surface area contributed by atoms with Crippen molar-refractivity contribution in [1.82, 2.24) is 5.32 Å². The monoisotopic (exact) mass is 377 g/mol. The van der Waals surface area contributed by atoms with Crippen molar-refractivity contribution >= 4 is 43.2 Å². The molecule has 90 valence electrons. The van der Waals surface area contributed by atoms with Crippen molar-refractivity contribution < 1.29 is 4.39 Å². The van der Waals surface area contributed by atoms with Crippen LogP contribution >= 0.6 is 43.2 Å². The van der Waals surface area contributed by atoms with Crippen LogP contribution in [-0.4, -0.2) is 7.05 Å². The van der Waals surface area contributed by atoms with Gasteiger partial charge in [-0.2, -0.15) is 0 Å². The van der Waals surface area contributed by atoms with Gasteiger partial charge in [0.2, 0.25) is 0 Å². The Hall–Kier alpha value is -0.230. The summed E-state index contributed by atoms with van der Waals surface area (Å²) in [5, 5.41) is 5.22. The topological polar surface area (TPSA) is 12.0 Å². The van der Waals surface area contributed by atoms with E-state index in [1.54, 1.807) is 23.5 Å². The van der Waals surface area contributed by atoms with E-state index < -0.39 is 0 Å². The van der Waals surface area contributed by atoms with Crippen molar-refractivity contribution in [1.29, 1.82) is 0 Å². The predicted molar refractivity (Wildman–Crippen MR) is 77.0 cm³/mol. The first-order chi connectivity index (χ1) is 8.13. The van der Waals surface area contributed by atoms with Crippen LogP contribution in [0.4, 0.5) is 4.39 Å². The van der Waals surface area contributed by atoms with Crippen LogP contribution in [0.5, 0.6) is 0 Å². The number of hydrogen-bond acceptors (Lipinski definition) is 2. The quantitative estimate of drug-likeness (QED) is 0.814. The molecule has 0 amide bonds. The van der Waals surface area contributed by atoms with E-state index in [0.717, 1.165) is 19.4 Å². The molecule has 5 heteroatoms. The summed E-state index contributed by atoms with van der Waals surface area (Å²) in [4.78, 5) is 1.14. The minimum atomic E-state index is -0.226. The Kier molecular flexibility index (Phi) is 4.36. The predicted octanol–water partition coefficient (Wildman–Crippen LogP) is 4.72. The maximum atomic E-state index is 13.3. The van der Waals surface area contributed by atoms with Crippen LogP contribution in [0.25, 0.3) is 0 Å². The number of halogens is 3. The molecule has 0 aliphatic heterocycles. The van der Waals surface area contributed by atoms with Gasteiger partial charge in [0.25, 0.3) is 0 Å². The Balaban J connectivity index is 2.49. The zero-order valence-corrected chi connectivity index (χ0v) is 13.0. The lowest BCUT2D eigenvalue weighted by molar-refractivity contribution is 0.616. The molecule has 1 atom stereocenters. The Morgan fingerprint density at radius 3 is 2.59 bits per heavy atom. The van der Waals surface area contributed by atoms with Crippen molar-refractivity contribution in [3.8, 4) is 0 Å². The lowest BCUT2D eigenvalue weighted by Gasteiger charge is -2.17. The van der Waals surface area contributed by atoms with Gasteiger partial charge in [0.1, 0.15) is 5.82 Å². The van der Waals surface area contributed by atoms with Gasteiger partial charge in [-0.25, -0.2) is 4.39 Å². The minimum Gasteiger partial charge on any atom is -0.309 e. The average Bonchev–Trinajstić information content (AvgIpc) is 2.71. The van der Waals surface area contributed by atoms with Gasteiger partial charge in [-0.3, -0.25) is 0 Å². The highest BCUT2D eigenvalue weighted by molar-refractivity contribution is 9.10. The van der Waals surface area contributed by atoms with E-state index in [2.05, 4.69) is 37.2 Å². The van der Waals surface area contributed by atoms with Crippen LogP contribution < -0.4 is 5.32 Å². The fourth-order valence-corrected chi connectivity index (χ4v) is 3.88. The molecule has 0 spiro atoms. The standard InChI is InChI=1S/C12H10Br2FNS/c1-16-11(12-10(14)4-5-17-12)8-6-7(15)2-3-9(8)13/h2-6,11,16H,1H3. The van der Waals surface area contributed by atoms with E-state index >= 15 is 0 Å². The lowest BCUT2D eigenvalue weighted by atomic mass is 10.1. The van der Waals surface area contributed by atoms with Crippen molar-refractivity contribution in [2.45, 2.75) is 6.04 Å². The highest BCUT2D eigenvalue weighted by Crippen LogP contribution is 2.36. The molecule has 17 heavy (non-hydrogen) atoms. The number of benzene rings is 1. The number of rotatable bonds is 3. The third-order valence-corrected chi connectivity index (χ3v) is 5.12. The van der Waals surface area contributed by atoms with Crippen LogP contribution in [-0.2, 0) is 0 Å². The largest absolute Gasteiger partial charge is 0.309 e. The van der Waals surface area contributed by atoms with E-state index in [4.69, 9.17) is 0 Å². The Labute approximate surface area is 120 Å². The van der Waals surface area contributed by atoms with Crippen molar-refractivity contribution in [2.24, 2.45) is 0 Å². The van der Waals surface area contributed by atoms with Gasteiger partial charge >= 0.3 is 0 Å². The van der Waals surface area contributed by atoms with Crippen molar-refractivity contribution in [3.05, 3.63) is 54.8 Å². The molecule has 0 radical (unpaired) electrons. The summed E-state index contributed by atoms with van der Waals surface area (Å²) in [7, 11) is 1.87. The Morgan fingerprint density at radius 2 is 2.00 bits per heavy atom. The SMILES string of the molecule is CNC(c1cc(F)ccc1Br)c1sccc1Br. The fourth-order valence-electron chi connectivity index (χ4n) is 1.68. The van der Waals surface area contributed by atoms with E-state index in [1.807, 2.05) is 18.5 Å². The molecule has 0 aliphatic rings. The summed E-state index contributed by atoms with van der Waals surface area (Å²) in [6, 6.07) is 6.71. The van der Waals surface area contributed by atoms with E-state index in [0.29, 0.717) is 0 Å². The highest BCUT2D eigenvalue weighted by Gasteiger charge is 2.19. The smallest absolute Gasteiger partial charge is 0.123 e. The van der Waals surface area contributed by atoms with Gasteiger partial charge in [-0.15, -0.1) is 11.3 Å². The normalized spacial score (nSPS) is 12.7. The molecular formula is C12H10Br2FNS. The third-order valence-electron chi connectivity index (χ3n) is 2.46. The van der Waals surface area contributed by atoms with Gasteiger partial charge in [-0.05, 0) is 58.2 Å². The first-order valence-electron chi connectivity index (χ1n) is 4.98. The van der Waals surface area contributed by atoms with Gasteiger partial charge in [0.15, 0.2) is 0 Å². The molecular weight excluding hydrogens is 369 g/mol. The summed E-state index contributed by atoms with van der Waals surface area (Å²) in [5.74, 6) is -0.226. The first kappa shape index (κ1) is 13.2. The molecule has 0 fully saturated rings. The summed E-state index contributed by atoms with van der Waals surface area (Å²) >= 11 is 8.61. The molecule has 0 bridgehead atoms. The van der Waals surface area contributed by atoms with Gasteiger partial charge in [0, 0.05) is 13.8 Å². The maximum Gasteiger partial charge on any atom is 0.123 e. The lowest BCUT2D eigenvalue weighted by Crippen LogP contribution is -2.17. The van der Waals surface area contributed by atoms with Crippen LogP contribution in [0.15, 0.2) is 38.6 Å². The number of thiophene rings is 1. The minimum absolute atomic E-state index is 0.0190. The van der Waals surface area contributed by atoms with E-state index in [-0.39, 0.29) is 11.9 Å². The van der Waals surface area contributed by atoms with Gasteiger partial charge < -0.3 is 5.32 Å². The molecule has 2 aromatic rings. The average molecular weight is 379 g/mol. The molecule has 0 saturated heterocycles. The second-order valence-electron chi connectivity index (χ2n) is 3.52. The summed E-state index contributed by atoms with van der Waals surface area (Å²) in [5.41, 5.74) is 0.899. The van der Waals surface area contributed by atoms with E-state index in [1.165, 1.54) is 6.07 Å². The Bertz CT molecular complexity index is 527. The van der Waals surface area contributed by atoms with Crippen LogP contribution in [0.2, 0.25) is 0 Å². The zero-order chi connectivity index (χ0) is 12.4. The second kappa shape index (κ2) is 5.61. The molecule has 1 aromatic carbocycles. The van der Waals surface area contributed by atoms with Crippen LogP contribution in [0, 0.1) is 5.82 Å². The van der Waals surface area contributed by atoms with E-state index in [9.17, 15) is 4.39 Å². The van der Waals surface area contributed by atoms with Gasteiger partial charge in [0.05, 0.1) is 6.04 Å². The summed E-state index contributed by atoms with van der Waals surface area (Å²) in [6.45, 7) is 0. The number of hydrogen-bond donors (Lipinski definition) is 1. The first-order valence-corrected chi connectivity index (χ1v) is 7.45. The van der Waals surface area contributed by atoms with Gasteiger partial charge in [-0.1, -0.05) is 15.9 Å². The van der Waals surface area contributed by atoms with Crippen LogP contribution in [0.1, 0.15) is 16.5 Å². The molecule has 1 nitrogen and oxygen atoms in total.